The van der Waals surface area contributed by atoms with Gasteiger partial charge in [-0.25, -0.2) is 0 Å². The number of hydrogen-bond donors (Lipinski definition) is 4. The summed E-state index contributed by atoms with van der Waals surface area (Å²) in [5.41, 5.74) is 0. The number of amides is 8. The molecule has 0 aromatic rings. The molecule has 19 heteroatoms. The molecule has 386 valence electrons. The summed E-state index contributed by atoms with van der Waals surface area (Å²) in [5, 5.41) is 10.8. The highest BCUT2D eigenvalue weighted by Gasteiger charge is 2.40. The molecule has 4 N–H and O–H groups in total. The normalized spacial score (nSPS) is 14.8. The Balaban J connectivity index is 6.51. The lowest BCUT2D eigenvalue weighted by Gasteiger charge is -2.37. The summed E-state index contributed by atoms with van der Waals surface area (Å²) in [5.74, 6) is -4.51. The van der Waals surface area contributed by atoms with Gasteiger partial charge in [-0.3, -0.25) is 43.2 Å². The molecule has 1 unspecified atom stereocenters. The van der Waals surface area contributed by atoms with Gasteiger partial charge in [-0.05, 0) is 69.6 Å². The Hall–Kier alpha value is -4.42. The van der Waals surface area contributed by atoms with Gasteiger partial charge in [0, 0.05) is 58.6 Å². The fraction of sp³-hybridized carbons (Fsp3) is 0.812. The number of methoxy groups -OCH3 is 1. The van der Waals surface area contributed by atoms with E-state index in [4.69, 9.17) is 4.74 Å². The van der Waals surface area contributed by atoms with Gasteiger partial charge in [0.05, 0.1) is 7.11 Å². The third-order valence-corrected chi connectivity index (χ3v) is 13.3. The predicted molar refractivity (Wildman–Crippen MR) is 263 cm³/mol. The molecule has 0 spiro atoms. The van der Waals surface area contributed by atoms with Crippen LogP contribution >= 0.6 is 11.8 Å². The molecule has 0 aromatic carbocycles. The van der Waals surface area contributed by atoms with Crippen LogP contribution in [0.25, 0.3) is 0 Å². The van der Waals surface area contributed by atoms with E-state index in [9.17, 15) is 43.2 Å². The van der Waals surface area contributed by atoms with Crippen LogP contribution in [0.2, 0.25) is 0 Å². The van der Waals surface area contributed by atoms with Crippen LogP contribution in [0.4, 0.5) is 0 Å². The molecule has 0 aliphatic carbocycles. The minimum Gasteiger partial charge on any atom is -0.469 e. The lowest BCUT2D eigenvalue weighted by Crippen LogP contribution is -2.61. The van der Waals surface area contributed by atoms with Crippen LogP contribution in [0.15, 0.2) is 0 Å². The molecular formula is C48H88N8O10S. The Morgan fingerprint density at radius 2 is 0.985 bits per heavy atom. The third-order valence-electron chi connectivity index (χ3n) is 11.8. The van der Waals surface area contributed by atoms with Gasteiger partial charge in [-0.2, -0.15) is 11.8 Å². The number of nitrogens with one attached hydrogen (secondary N) is 4. The van der Waals surface area contributed by atoms with Crippen LogP contribution in [-0.2, 0) is 47.9 Å². The van der Waals surface area contributed by atoms with Crippen molar-refractivity contribution in [2.75, 3.05) is 48.1 Å². The van der Waals surface area contributed by atoms with Crippen molar-refractivity contribution in [1.29, 1.82) is 0 Å². The van der Waals surface area contributed by atoms with Crippen molar-refractivity contribution in [2.45, 2.75) is 182 Å². The largest absolute Gasteiger partial charge is 0.469 e. The molecule has 0 heterocycles. The second-order valence-electron chi connectivity index (χ2n) is 20.0. The molecule has 7 atom stereocenters. The fourth-order valence-corrected chi connectivity index (χ4v) is 8.60. The molecule has 0 rings (SSSR count). The van der Waals surface area contributed by atoms with E-state index in [1.165, 1.54) is 80.5 Å². The molecule has 0 aromatic heterocycles. The summed E-state index contributed by atoms with van der Waals surface area (Å²) in [7, 11) is 8.89. The molecular weight excluding hydrogens is 881 g/mol. The first kappa shape index (κ1) is 62.6. The SMILES string of the molecule is CCCC(=O)N(C)[C@H](CSC(C)(C)CCC(=O)OC)C(=O)N(C)[C@@H](CC(C)C)C(=O)N[C@H](C(=O)N(C)[C@@H](CC(C)C)C(=O)N[C@H](C)C(=O)NC(C)C(=O)N(C)[C@@H](CC(C)C)C(=O)NC)C(C)C. The van der Waals surface area contributed by atoms with E-state index in [1.54, 1.807) is 20.9 Å². The van der Waals surface area contributed by atoms with Gasteiger partial charge in [-0.1, -0.05) is 76.2 Å². The van der Waals surface area contributed by atoms with Crippen LogP contribution in [0.5, 0.6) is 0 Å². The summed E-state index contributed by atoms with van der Waals surface area (Å²) in [4.78, 5) is 127. The zero-order valence-electron chi connectivity index (χ0n) is 44.3. The van der Waals surface area contributed by atoms with Gasteiger partial charge in [0.15, 0.2) is 0 Å². The third kappa shape index (κ3) is 20.8. The van der Waals surface area contributed by atoms with E-state index in [0.29, 0.717) is 19.3 Å². The predicted octanol–water partition coefficient (Wildman–Crippen LogP) is 3.59. The van der Waals surface area contributed by atoms with Gasteiger partial charge >= 0.3 is 5.97 Å². The number of likely N-dealkylation sites (N-methyl/N-ethyl adjacent to an activating group) is 5. The first-order chi connectivity index (χ1) is 30.9. The quantitative estimate of drug-likeness (QED) is 0.0794. The van der Waals surface area contributed by atoms with Crippen LogP contribution < -0.4 is 21.3 Å². The number of nitrogens with zero attached hydrogens (tertiary/aromatic N) is 4. The van der Waals surface area contributed by atoms with Crippen molar-refractivity contribution in [3.63, 3.8) is 0 Å². The summed E-state index contributed by atoms with van der Waals surface area (Å²) in [6.07, 6.45) is 2.33. The second kappa shape index (κ2) is 29.5. The molecule has 8 amide bonds. The molecule has 0 aliphatic rings. The van der Waals surface area contributed by atoms with Crippen LogP contribution in [-0.4, -0.2) is 168 Å². The average Bonchev–Trinajstić information content (AvgIpc) is 3.25. The molecule has 0 radical (unpaired) electrons. The summed E-state index contributed by atoms with van der Waals surface area (Å²) < 4.78 is 4.36. The first-order valence-electron chi connectivity index (χ1n) is 23.8. The van der Waals surface area contributed by atoms with Crippen molar-refractivity contribution in [1.82, 2.24) is 40.9 Å². The van der Waals surface area contributed by atoms with Gasteiger partial charge < -0.3 is 45.6 Å². The molecule has 67 heavy (non-hydrogen) atoms. The lowest BCUT2D eigenvalue weighted by atomic mass is 9.96. The van der Waals surface area contributed by atoms with Gasteiger partial charge in [0.2, 0.25) is 47.3 Å². The van der Waals surface area contributed by atoms with Crippen molar-refractivity contribution >= 4 is 65.0 Å². The van der Waals surface area contributed by atoms with Crippen LogP contribution in [0.3, 0.4) is 0 Å². The van der Waals surface area contributed by atoms with Crippen molar-refractivity contribution in [3.05, 3.63) is 0 Å². The number of esters is 1. The number of rotatable bonds is 29. The number of carbonyl (C=O) groups is 9. The zero-order chi connectivity index (χ0) is 52.3. The zero-order valence-corrected chi connectivity index (χ0v) is 45.1. The maximum absolute atomic E-state index is 14.5. The minimum absolute atomic E-state index is 0.0592. The highest BCUT2D eigenvalue weighted by Crippen LogP contribution is 2.32. The Kier molecular flexibility index (Phi) is 27.5. The number of hydrogen-bond acceptors (Lipinski definition) is 11. The van der Waals surface area contributed by atoms with Crippen LogP contribution in [0.1, 0.15) is 135 Å². The minimum atomic E-state index is -1.12. The van der Waals surface area contributed by atoms with E-state index in [-0.39, 0.29) is 67.0 Å². The second-order valence-corrected chi connectivity index (χ2v) is 21.7. The highest BCUT2D eigenvalue weighted by atomic mass is 32.2. The van der Waals surface area contributed by atoms with E-state index >= 15 is 0 Å². The van der Waals surface area contributed by atoms with Crippen molar-refractivity contribution in [2.24, 2.45) is 23.7 Å². The Labute approximate surface area is 406 Å². The number of ether oxygens (including phenoxy) is 1. The smallest absolute Gasteiger partial charge is 0.305 e. The van der Waals surface area contributed by atoms with Crippen molar-refractivity contribution < 1.29 is 47.9 Å². The molecule has 0 saturated carbocycles. The van der Waals surface area contributed by atoms with Gasteiger partial charge in [0.25, 0.3) is 0 Å². The van der Waals surface area contributed by atoms with E-state index in [1.807, 2.05) is 62.3 Å². The molecule has 0 saturated heterocycles. The Bertz CT molecular complexity index is 1670. The summed E-state index contributed by atoms with van der Waals surface area (Å²) >= 11 is 1.44. The maximum atomic E-state index is 14.5. The maximum Gasteiger partial charge on any atom is 0.305 e. The highest BCUT2D eigenvalue weighted by molar-refractivity contribution is 8.00. The lowest BCUT2D eigenvalue weighted by molar-refractivity contribution is -0.148. The number of carbonyl (C=O) groups excluding carboxylic acids is 9. The van der Waals surface area contributed by atoms with E-state index in [0.717, 1.165) is 0 Å². The monoisotopic (exact) mass is 969 g/mol. The molecule has 0 bridgehead atoms. The summed E-state index contributed by atoms with van der Waals surface area (Å²) in [6.45, 7) is 23.7. The molecule has 18 nitrogen and oxygen atoms in total. The van der Waals surface area contributed by atoms with E-state index in [2.05, 4.69) is 21.3 Å². The van der Waals surface area contributed by atoms with Crippen molar-refractivity contribution in [3.8, 4) is 0 Å². The molecule has 0 aliphatic heterocycles. The Morgan fingerprint density at radius 3 is 1.42 bits per heavy atom. The van der Waals surface area contributed by atoms with Gasteiger partial charge in [0.1, 0.15) is 42.3 Å². The summed E-state index contributed by atoms with van der Waals surface area (Å²) in [6, 6.07) is -7.04. The Morgan fingerprint density at radius 1 is 0.552 bits per heavy atom. The fourth-order valence-electron chi connectivity index (χ4n) is 7.38. The van der Waals surface area contributed by atoms with E-state index < -0.39 is 88.4 Å². The molecule has 0 fully saturated rings. The topological polar surface area (TPSA) is 224 Å². The number of thioether (sulfide) groups is 1. The van der Waals surface area contributed by atoms with Crippen LogP contribution in [0, 0.1) is 23.7 Å². The first-order valence-corrected chi connectivity index (χ1v) is 24.8. The van der Waals surface area contributed by atoms with Gasteiger partial charge in [-0.15, -0.1) is 0 Å². The standard InChI is InChI=1S/C48H88N8O10S/c1-20-21-38(57)53(15)37(27-67-48(12,13)23-22-39(58)66-19)46(64)55(17)36(26-30(6)7)44(62)52-40(31(8)9)47(65)56(18)35(25-29(4)5)43(61)50-32(10)41(59)51-33(11)45(63)54(16)34(24-28(2)3)42(60)49-14/h28-37,40H,20-27H2,1-19H3,(H,49,60)(H,50,61)(H,51,59)(H,52,62)/t32-,33?,34+,35+,36+,37-,40+/m1/s1. The average molecular weight is 969 g/mol.